The van der Waals surface area contributed by atoms with Crippen LogP contribution in [0.25, 0.3) is 0 Å². The molecule has 0 heterocycles. The highest BCUT2D eigenvalue weighted by atomic mass is 35.5. The molecule has 0 aromatic heterocycles. The first-order valence-electron chi connectivity index (χ1n) is 9.07. The molecular formula is C19H29ClN2S. The topological polar surface area (TPSA) is 24.1 Å². The quantitative estimate of drug-likeness (QED) is 0.610. The average molecular weight is 353 g/mol. The fourth-order valence-electron chi connectivity index (χ4n) is 3.23. The van der Waals surface area contributed by atoms with Gasteiger partial charge in [0.1, 0.15) is 0 Å². The molecule has 2 rings (SSSR count). The molecular weight excluding hydrogens is 324 g/mol. The summed E-state index contributed by atoms with van der Waals surface area (Å²) in [5.41, 5.74) is 0.947. The van der Waals surface area contributed by atoms with Crippen LogP contribution >= 0.6 is 23.8 Å². The zero-order chi connectivity index (χ0) is 16.3. The Bertz CT molecular complexity index is 466. The van der Waals surface area contributed by atoms with Gasteiger partial charge in [-0.1, -0.05) is 75.5 Å². The lowest BCUT2D eigenvalue weighted by Gasteiger charge is -2.21. The molecule has 1 fully saturated rings. The Labute approximate surface area is 151 Å². The minimum Gasteiger partial charge on any atom is -0.360 e. The van der Waals surface area contributed by atoms with E-state index in [0.29, 0.717) is 11.2 Å². The largest absolute Gasteiger partial charge is 0.360 e. The van der Waals surface area contributed by atoms with E-state index in [4.69, 9.17) is 23.8 Å². The van der Waals surface area contributed by atoms with E-state index in [-0.39, 0.29) is 0 Å². The van der Waals surface area contributed by atoms with E-state index >= 15 is 0 Å². The van der Waals surface area contributed by atoms with Gasteiger partial charge in [0.25, 0.3) is 0 Å². The molecule has 0 unspecified atom stereocenters. The van der Waals surface area contributed by atoms with Crippen molar-refractivity contribution in [2.24, 2.45) is 0 Å². The minimum atomic E-state index is 0.494. The van der Waals surface area contributed by atoms with Crippen LogP contribution in [-0.2, 0) is 0 Å². The van der Waals surface area contributed by atoms with Gasteiger partial charge in [0.15, 0.2) is 5.11 Å². The summed E-state index contributed by atoms with van der Waals surface area (Å²) in [6.45, 7) is 0. The van der Waals surface area contributed by atoms with Crippen LogP contribution < -0.4 is 10.6 Å². The molecule has 1 aliphatic carbocycles. The number of anilines is 1. The summed E-state index contributed by atoms with van der Waals surface area (Å²) in [6.07, 6.45) is 14.8. The van der Waals surface area contributed by atoms with Crippen LogP contribution in [0.5, 0.6) is 0 Å². The zero-order valence-electron chi connectivity index (χ0n) is 14.0. The third-order valence-electron chi connectivity index (χ3n) is 4.52. The Morgan fingerprint density at radius 1 is 0.913 bits per heavy atom. The van der Waals surface area contributed by atoms with Crippen molar-refractivity contribution in [3.8, 4) is 0 Å². The van der Waals surface area contributed by atoms with Gasteiger partial charge in [-0.3, -0.25) is 0 Å². The Morgan fingerprint density at radius 3 is 2.04 bits per heavy atom. The maximum absolute atomic E-state index is 6.02. The molecule has 2 nitrogen and oxygen atoms in total. The van der Waals surface area contributed by atoms with Crippen molar-refractivity contribution in [2.45, 2.75) is 76.7 Å². The lowest BCUT2D eigenvalue weighted by molar-refractivity contribution is 0.444. The van der Waals surface area contributed by atoms with Crippen LogP contribution in [0.3, 0.4) is 0 Å². The number of hydrogen-bond donors (Lipinski definition) is 2. The number of nitrogens with one attached hydrogen (secondary N) is 2. The van der Waals surface area contributed by atoms with Crippen molar-refractivity contribution in [3.05, 3.63) is 29.3 Å². The van der Waals surface area contributed by atoms with Gasteiger partial charge in [0.2, 0.25) is 0 Å². The lowest BCUT2D eigenvalue weighted by Crippen LogP contribution is -2.37. The Kier molecular flexibility index (Phi) is 8.77. The number of benzene rings is 1. The van der Waals surface area contributed by atoms with Gasteiger partial charge < -0.3 is 10.6 Å². The fraction of sp³-hybridized carbons (Fsp3) is 0.632. The van der Waals surface area contributed by atoms with Gasteiger partial charge in [0.05, 0.1) is 0 Å². The van der Waals surface area contributed by atoms with Gasteiger partial charge in [-0.25, -0.2) is 0 Å². The standard InChI is InChI=1S/C19H29ClN2S/c20-16-11-10-14-18(15-16)22-19(23)21-17-12-8-6-4-2-1-3-5-7-9-13-17/h10-11,14-15,17H,1-9,12-13H2,(H2,21,22,23). The van der Waals surface area contributed by atoms with Gasteiger partial charge in [-0.2, -0.15) is 0 Å². The molecule has 0 atom stereocenters. The molecule has 0 spiro atoms. The first-order chi connectivity index (χ1) is 11.2. The summed E-state index contributed by atoms with van der Waals surface area (Å²) in [5.74, 6) is 0. The zero-order valence-corrected chi connectivity index (χ0v) is 15.5. The van der Waals surface area contributed by atoms with E-state index in [9.17, 15) is 0 Å². The van der Waals surface area contributed by atoms with Crippen molar-refractivity contribution in [3.63, 3.8) is 0 Å². The van der Waals surface area contributed by atoms with Crippen LogP contribution in [0, 0.1) is 0 Å². The van der Waals surface area contributed by atoms with E-state index in [1.54, 1.807) is 0 Å². The van der Waals surface area contributed by atoms with Gasteiger partial charge in [0, 0.05) is 16.8 Å². The van der Waals surface area contributed by atoms with Crippen molar-refractivity contribution in [1.82, 2.24) is 5.32 Å². The second-order valence-electron chi connectivity index (χ2n) is 6.57. The second kappa shape index (κ2) is 10.9. The average Bonchev–Trinajstić information content (AvgIpc) is 2.50. The highest BCUT2D eigenvalue weighted by Gasteiger charge is 2.11. The molecule has 0 aliphatic heterocycles. The van der Waals surface area contributed by atoms with Crippen molar-refractivity contribution in [1.29, 1.82) is 0 Å². The SMILES string of the molecule is S=C(Nc1cccc(Cl)c1)NC1CCCCCCCCCCC1. The third-order valence-corrected chi connectivity index (χ3v) is 4.98. The molecule has 0 radical (unpaired) electrons. The predicted molar refractivity (Wildman–Crippen MR) is 105 cm³/mol. The van der Waals surface area contributed by atoms with Gasteiger partial charge >= 0.3 is 0 Å². The molecule has 2 N–H and O–H groups in total. The van der Waals surface area contributed by atoms with Crippen LogP contribution in [0.1, 0.15) is 70.6 Å². The van der Waals surface area contributed by atoms with Crippen molar-refractivity contribution >= 4 is 34.6 Å². The molecule has 23 heavy (non-hydrogen) atoms. The van der Waals surface area contributed by atoms with E-state index in [1.807, 2.05) is 24.3 Å². The van der Waals surface area contributed by atoms with Crippen LogP contribution in [0.15, 0.2) is 24.3 Å². The van der Waals surface area contributed by atoms with E-state index < -0.39 is 0 Å². The highest BCUT2D eigenvalue weighted by Crippen LogP contribution is 2.18. The first kappa shape index (κ1) is 18.5. The molecule has 1 aliphatic rings. The van der Waals surface area contributed by atoms with E-state index in [0.717, 1.165) is 10.7 Å². The molecule has 1 aromatic rings. The predicted octanol–water partition coefficient (Wildman–Crippen LogP) is 6.30. The second-order valence-corrected chi connectivity index (χ2v) is 7.41. The normalized spacial score (nSPS) is 18.5. The monoisotopic (exact) mass is 352 g/mol. The molecule has 0 amide bonds. The molecule has 1 saturated carbocycles. The highest BCUT2D eigenvalue weighted by molar-refractivity contribution is 7.80. The van der Waals surface area contributed by atoms with Crippen LogP contribution in [-0.4, -0.2) is 11.2 Å². The van der Waals surface area contributed by atoms with Crippen LogP contribution in [0.4, 0.5) is 5.69 Å². The molecule has 0 bridgehead atoms. The van der Waals surface area contributed by atoms with E-state index in [1.165, 1.54) is 70.6 Å². The molecule has 0 saturated heterocycles. The maximum Gasteiger partial charge on any atom is 0.170 e. The number of halogens is 1. The molecule has 4 heteroatoms. The number of rotatable bonds is 2. The van der Waals surface area contributed by atoms with Crippen molar-refractivity contribution < 1.29 is 0 Å². The van der Waals surface area contributed by atoms with Gasteiger partial charge in [-0.15, -0.1) is 0 Å². The fourth-order valence-corrected chi connectivity index (χ4v) is 3.70. The number of thiocarbonyl (C=S) groups is 1. The summed E-state index contributed by atoms with van der Waals surface area (Å²) >= 11 is 11.5. The van der Waals surface area contributed by atoms with Crippen LogP contribution in [0.2, 0.25) is 5.02 Å². The summed E-state index contributed by atoms with van der Waals surface area (Å²) in [4.78, 5) is 0. The minimum absolute atomic E-state index is 0.494. The summed E-state index contributed by atoms with van der Waals surface area (Å²) < 4.78 is 0. The van der Waals surface area contributed by atoms with E-state index in [2.05, 4.69) is 10.6 Å². The Balaban J connectivity index is 1.80. The Morgan fingerprint density at radius 2 is 1.48 bits per heavy atom. The first-order valence-corrected chi connectivity index (χ1v) is 9.86. The lowest BCUT2D eigenvalue weighted by atomic mass is 9.98. The molecule has 128 valence electrons. The maximum atomic E-state index is 6.02. The molecule has 1 aromatic carbocycles. The summed E-state index contributed by atoms with van der Waals surface area (Å²) in [7, 11) is 0. The summed E-state index contributed by atoms with van der Waals surface area (Å²) in [5, 5.41) is 8.21. The smallest absolute Gasteiger partial charge is 0.170 e. The van der Waals surface area contributed by atoms with Gasteiger partial charge in [-0.05, 0) is 43.3 Å². The summed E-state index contributed by atoms with van der Waals surface area (Å²) in [6, 6.07) is 8.19. The third kappa shape index (κ3) is 8.03. The van der Waals surface area contributed by atoms with Crippen molar-refractivity contribution in [2.75, 3.05) is 5.32 Å². The Hall–Kier alpha value is -0.800. The number of hydrogen-bond acceptors (Lipinski definition) is 1.